The van der Waals surface area contributed by atoms with Gasteiger partial charge in [-0.25, -0.2) is 4.39 Å². The number of aliphatic carboxylic acids is 1. The van der Waals surface area contributed by atoms with Gasteiger partial charge in [0.1, 0.15) is 5.82 Å². The summed E-state index contributed by atoms with van der Waals surface area (Å²) < 4.78 is 13.2. The van der Waals surface area contributed by atoms with E-state index in [2.05, 4.69) is 25.7 Å². The maximum absolute atomic E-state index is 13.2. The highest BCUT2D eigenvalue weighted by Gasteiger charge is 2.42. The lowest BCUT2D eigenvalue weighted by Gasteiger charge is -2.31. The standard InChI is InChI=1S/C15H19ClFNO2/c1-15(2,3)18-7-10(11(8-18)14(19)20)9-4-5-13(17)12(16)6-9/h4-6,10-11H,7-8H2,1-3H3,(H,19,20)/t10-,11+/m1/s1. The van der Waals surface area contributed by atoms with Crippen LogP contribution >= 0.6 is 11.6 Å². The van der Waals surface area contributed by atoms with Crippen LogP contribution in [-0.4, -0.2) is 34.6 Å². The Balaban J connectivity index is 2.32. The van der Waals surface area contributed by atoms with Gasteiger partial charge in [0.25, 0.3) is 0 Å². The van der Waals surface area contributed by atoms with Crippen molar-refractivity contribution >= 4 is 17.6 Å². The molecule has 1 aliphatic heterocycles. The molecule has 110 valence electrons. The third kappa shape index (κ3) is 2.96. The van der Waals surface area contributed by atoms with Crippen LogP contribution < -0.4 is 0 Å². The topological polar surface area (TPSA) is 40.5 Å². The summed E-state index contributed by atoms with van der Waals surface area (Å²) in [5, 5.41) is 9.46. The highest BCUT2D eigenvalue weighted by atomic mass is 35.5. The van der Waals surface area contributed by atoms with Crippen molar-refractivity contribution in [1.29, 1.82) is 0 Å². The van der Waals surface area contributed by atoms with E-state index in [1.165, 1.54) is 6.07 Å². The van der Waals surface area contributed by atoms with Crippen molar-refractivity contribution < 1.29 is 14.3 Å². The van der Waals surface area contributed by atoms with Crippen LogP contribution in [0.5, 0.6) is 0 Å². The lowest BCUT2D eigenvalue weighted by Crippen LogP contribution is -2.40. The molecule has 1 heterocycles. The van der Waals surface area contributed by atoms with Crippen molar-refractivity contribution in [1.82, 2.24) is 4.90 Å². The summed E-state index contributed by atoms with van der Waals surface area (Å²) in [6.07, 6.45) is 0. The first-order valence-electron chi connectivity index (χ1n) is 6.63. The summed E-state index contributed by atoms with van der Waals surface area (Å²) >= 11 is 5.81. The van der Waals surface area contributed by atoms with E-state index < -0.39 is 17.7 Å². The highest BCUT2D eigenvalue weighted by molar-refractivity contribution is 6.30. The van der Waals surface area contributed by atoms with E-state index in [1.807, 2.05) is 0 Å². The Bertz CT molecular complexity index is 527. The van der Waals surface area contributed by atoms with Crippen molar-refractivity contribution in [2.75, 3.05) is 13.1 Å². The molecule has 0 amide bonds. The number of halogens is 2. The van der Waals surface area contributed by atoms with Crippen molar-refractivity contribution in [2.45, 2.75) is 32.2 Å². The van der Waals surface area contributed by atoms with Crippen LogP contribution in [-0.2, 0) is 4.79 Å². The smallest absolute Gasteiger partial charge is 0.308 e. The number of hydrogen-bond acceptors (Lipinski definition) is 2. The molecule has 3 nitrogen and oxygen atoms in total. The number of carboxylic acids is 1. The number of rotatable bonds is 2. The molecule has 1 fully saturated rings. The summed E-state index contributed by atoms with van der Waals surface area (Å²) in [6, 6.07) is 4.48. The molecule has 0 bridgehead atoms. The van der Waals surface area contributed by atoms with Crippen LogP contribution in [0, 0.1) is 11.7 Å². The second kappa shape index (κ2) is 5.34. The number of hydrogen-bond donors (Lipinski definition) is 1. The predicted molar refractivity (Wildman–Crippen MR) is 76.6 cm³/mol. The summed E-state index contributed by atoms with van der Waals surface area (Å²) in [7, 11) is 0. The second-order valence-electron chi connectivity index (χ2n) is 6.30. The monoisotopic (exact) mass is 299 g/mol. The molecule has 0 unspecified atom stereocenters. The van der Waals surface area contributed by atoms with Crippen LogP contribution in [0.3, 0.4) is 0 Å². The van der Waals surface area contributed by atoms with Crippen LogP contribution in [0.25, 0.3) is 0 Å². The second-order valence-corrected chi connectivity index (χ2v) is 6.71. The zero-order valence-electron chi connectivity index (χ0n) is 11.9. The summed E-state index contributed by atoms with van der Waals surface area (Å²) in [4.78, 5) is 13.6. The fourth-order valence-corrected chi connectivity index (χ4v) is 2.87. The van der Waals surface area contributed by atoms with E-state index >= 15 is 0 Å². The number of likely N-dealkylation sites (tertiary alicyclic amines) is 1. The zero-order chi connectivity index (χ0) is 15.1. The molecule has 1 saturated heterocycles. The molecular weight excluding hydrogens is 281 g/mol. The molecule has 2 atom stereocenters. The van der Waals surface area contributed by atoms with Gasteiger partial charge < -0.3 is 5.11 Å². The van der Waals surface area contributed by atoms with Gasteiger partial charge >= 0.3 is 5.97 Å². The van der Waals surface area contributed by atoms with E-state index in [0.717, 1.165) is 5.56 Å². The van der Waals surface area contributed by atoms with Gasteiger partial charge in [0.05, 0.1) is 10.9 Å². The first-order chi connectivity index (χ1) is 9.20. The maximum Gasteiger partial charge on any atom is 0.308 e. The van der Waals surface area contributed by atoms with Gasteiger partial charge in [-0.1, -0.05) is 17.7 Å². The SMILES string of the molecule is CC(C)(C)N1C[C@H](C(=O)O)[C@@H](c2ccc(F)c(Cl)c2)C1. The Kier molecular flexibility index (Phi) is 4.07. The van der Waals surface area contributed by atoms with Crippen LogP contribution in [0.15, 0.2) is 18.2 Å². The number of nitrogens with zero attached hydrogens (tertiary/aromatic N) is 1. The van der Waals surface area contributed by atoms with Crippen LogP contribution in [0.2, 0.25) is 5.02 Å². The minimum absolute atomic E-state index is 0.0425. The Labute approximate surface area is 123 Å². The highest BCUT2D eigenvalue weighted by Crippen LogP contribution is 2.37. The summed E-state index contributed by atoms with van der Waals surface area (Å²) in [5.41, 5.74) is 0.697. The van der Waals surface area contributed by atoms with Gasteiger partial charge in [-0.15, -0.1) is 0 Å². The Hall–Kier alpha value is -1.13. The minimum Gasteiger partial charge on any atom is -0.481 e. The maximum atomic E-state index is 13.2. The largest absolute Gasteiger partial charge is 0.481 e. The van der Waals surface area contributed by atoms with Gasteiger partial charge in [0.15, 0.2) is 0 Å². The number of benzene rings is 1. The molecule has 5 heteroatoms. The lowest BCUT2D eigenvalue weighted by molar-refractivity contribution is -0.141. The zero-order valence-corrected chi connectivity index (χ0v) is 12.6. The van der Waals surface area contributed by atoms with Gasteiger partial charge in [-0.3, -0.25) is 9.69 Å². The van der Waals surface area contributed by atoms with Crippen LogP contribution in [0.4, 0.5) is 4.39 Å². The Morgan fingerprint density at radius 1 is 1.40 bits per heavy atom. The van der Waals surface area contributed by atoms with E-state index in [-0.39, 0.29) is 16.5 Å². The fourth-order valence-electron chi connectivity index (χ4n) is 2.68. The first-order valence-corrected chi connectivity index (χ1v) is 7.00. The molecule has 0 saturated carbocycles. The molecular formula is C15H19ClFNO2. The lowest BCUT2D eigenvalue weighted by atomic mass is 9.89. The Morgan fingerprint density at radius 2 is 2.05 bits per heavy atom. The van der Waals surface area contributed by atoms with Crippen LogP contribution in [0.1, 0.15) is 32.3 Å². The number of carbonyl (C=O) groups is 1. The molecule has 1 aliphatic rings. The molecule has 0 aliphatic carbocycles. The molecule has 0 aromatic heterocycles. The van der Waals surface area contributed by atoms with Crippen molar-refractivity contribution in [3.05, 3.63) is 34.6 Å². The third-order valence-corrected chi connectivity index (χ3v) is 4.25. The average Bonchev–Trinajstić information content (AvgIpc) is 2.77. The van der Waals surface area contributed by atoms with Crippen molar-refractivity contribution in [3.8, 4) is 0 Å². The van der Waals surface area contributed by atoms with Gasteiger partial charge in [0.2, 0.25) is 0 Å². The normalized spacial score (nSPS) is 24.1. The minimum atomic E-state index is -0.817. The summed E-state index contributed by atoms with van der Waals surface area (Å²) in [6.45, 7) is 7.32. The molecule has 1 N–H and O–H groups in total. The Morgan fingerprint density at radius 3 is 2.55 bits per heavy atom. The summed E-state index contributed by atoms with van der Waals surface area (Å²) in [5.74, 6) is -1.95. The fraction of sp³-hybridized carbons (Fsp3) is 0.533. The van der Waals surface area contributed by atoms with Gasteiger partial charge in [-0.2, -0.15) is 0 Å². The molecule has 1 aromatic rings. The molecule has 1 aromatic carbocycles. The molecule has 2 rings (SSSR count). The molecule has 0 radical (unpaired) electrons. The van der Waals surface area contributed by atoms with Gasteiger partial charge in [-0.05, 0) is 38.5 Å². The quantitative estimate of drug-likeness (QED) is 0.910. The third-order valence-electron chi connectivity index (χ3n) is 3.96. The number of carboxylic acid groups (broad SMARTS) is 1. The van der Waals surface area contributed by atoms with E-state index in [4.69, 9.17) is 11.6 Å². The van der Waals surface area contributed by atoms with E-state index in [1.54, 1.807) is 12.1 Å². The molecule has 0 spiro atoms. The van der Waals surface area contributed by atoms with E-state index in [9.17, 15) is 14.3 Å². The van der Waals surface area contributed by atoms with Crippen molar-refractivity contribution in [2.24, 2.45) is 5.92 Å². The van der Waals surface area contributed by atoms with Gasteiger partial charge in [0, 0.05) is 24.5 Å². The average molecular weight is 300 g/mol. The van der Waals surface area contributed by atoms with E-state index in [0.29, 0.717) is 13.1 Å². The first kappa shape index (κ1) is 15.3. The molecule has 20 heavy (non-hydrogen) atoms. The predicted octanol–water partition coefficient (Wildman–Crippen LogP) is 3.38. The van der Waals surface area contributed by atoms with Crippen molar-refractivity contribution in [3.63, 3.8) is 0 Å².